The van der Waals surface area contributed by atoms with Gasteiger partial charge >= 0.3 is 0 Å². The van der Waals surface area contributed by atoms with Crippen LogP contribution in [0.5, 0.6) is 5.75 Å². The van der Waals surface area contributed by atoms with Crippen LogP contribution in [0.15, 0.2) is 48.5 Å². The first-order chi connectivity index (χ1) is 14.5. The van der Waals surface area contributed by atoms with E-state index in [2.05, 4.69) is 24.1 Å². The highest BCUT2D eigenvalue weighted by molar-refractivity contribution is 5.89. The first-order valence-electron chi connectivity index (χ1n) is 10.5. The summed E-state index contributed by atoms with van der Waals surface area (Å²) in [6, 6.07) is 15.5. The molecule has 3 aromatic rings. The lowest BCUT2D eigenvalue weighted by Gasteiger charge is -2.37. The van der Waals surface area contributed by atoms with E-state index < -0.39 is 5.41 Å². The molecule has 158 valence electrons. The number of nitrogens with zero attached hydrogens (tertiary/aromatic N) is 1. The average molecular weight is 408 g/mol. The summed E-state index contributed by atoms with van der Waals surface area (Å²) in [6.45, 7) is 5.33. The monoisotopic (exact) mass is 407 g/mol. The van der Waals surface area contributed by atoms with Gasteiger partial charge in [0.15, 0.2) is 0 Å². The van der Waals surface area contributed by atoms with Gasteiger partial charge in [-0.1, -0.05) is 38.1 Å². The van der Waals surface area contributed by atoms with E-state index in [0.29, 0.717) is 26.1 Å². The summed E-state index contributed by atoms with van der Waals surface area (Å²) in [5, 5.41) is 3.31. The number of hydrogen-bond acceptors (Lipinski definition) is 4. The molecule has 1 amide bonds. The molecule has 1 aliphatic rings. The number of para-hydroxylation sites is 2. The highest BCUT2D eigenvalue weighted by atomic mass is 16.5. The second-order valence-corrected chi connectivity index (χ2v) is 8.26. The van der Waals surface area contributed by atoms with E-state index in [4.69, 9.17) is 14.5 Å². The zero-order valence-corrected chi connectivity index (χ0v) is 17.8. The number of benzene rings is 2. The van der Waals surface area contributed by atoms with Crippen LogP contribution in [0, 0.1) is 5.92 Å². The standard InChI is InChI=1S/C24H29N3O3/c1-16(2)21(22-25-19-6-4-5-7-20(19)26-22)27-23(28)24(12-14-30-15-13-24)17-8-10-18(29-3)11-9-17/h4-11,16,21H,12-15H2,1-3H3,(H,25,26)(H,27,28)/t21-/m1/s1. The number of fused-ring (bicyclic) bond motifs is 1. The summed E-state index contributed by atoms with van der Waals surface area (Å²) < 4.78 is 10.9. The summed E-state index contributed by atoms with van der Waals surface area (Å²) in [4.78, 5) is 21.9. The van der Waals surface area contributed by atoms with Crippen molar-refractivity contribution in [3.05, 3.63) is 59.9 Å². The fourth-order valence-corrected chi connectivity index (χ4v) is 4.23. The van der Waals surface area contributed by atoms with Crippen LogP contribution in [-0.2, 0) is 14.9 Å². The number of methoxy groups -OCH3 is 1. The van der Waals surface area contributed by atoms with Crippen LogP contribution in [0.3, 0.4) is 0 Å². The van der Waals surface area contributed by atoms with Crippen LogP contribution in [0.4, 0.5) is 0 Å². The number of imidazole rings is 1. The number of hydrogen-bond donors (Lipinski definition) is 2. The highest BCUT2D eigenvalue weighted by Crippen LogP contribution is 2.37. The Morgan fingerprint density at radius 3 is 2.47 bits per heavy atom. The van der Waals surface area contributed by atoms with E-state index in [9.17, 15) is 4.79 Å². The summed E-state index contributed by atoms with van der Waals surface area (Å²) in [6.07, 6.45) is 1.30. The van der Waals surface area contributed by atoms with Gasteiger partial charge in [0.1, 0.15) is 11.6 Å². The molecule has 1 aromatic heterocycles. The molecular formula is C24H29N3O3. The van der Waals surface area contributed by atoms with Crippen LogP contribution < -0.4 is 10.1 Å². The van der Waals surface area contributed by atoms with Gasteiger partial charge in [-0.15, -0.1) is 0 Å². The molecule has 1 atom stereocenters. The second kappa shape index (κ2) is 8.48. The van der Waals surface area contributed by atoms with Crippen molar-refractivity contribution in [2.45, 2.75) is 38.1 Å². The van der Waals surface area contributed by atoms with Crippen molar-refractivity contribution >= 4 is 16.9 Å². The fraction of sp³-hybridized carbons (Fsp3) is 0.417. The molecule has 1 aliphatic heterocycles. The van der Waals surface area contributed by atoms with Crippen LogP contribution in [0.25, 0.3) is 11.0 Å². The number of aromatic amines is 1. The molecule has 2 heterocycles. The summed E-state index contributed by atoms with van der Waals surface area (Å²) in [5.41, 5.74) is 2.26. The van der Waals surface area contributed by atoms with Gasteiger partial charge in [-0.25, -0.2) is 4.98 Å². The Labute approximate surface area is 177 Å². The number of aromatic nitrogens is 2. The Hall–Kier alpha value is -2.86. The number of carbonyl (C=O) groups is 1. The number of nitrogens with one attached hydrogen (secondary N) is 2. The molecule has 1 saturated heterocycles. The average Bonchev–Trinajstić information content (AvgIpc) is 3.21. The van der Waals surface area contributed by atoms with Crippen molar-refractivity contribution < 1.29 is 14.3 Å². The highest BCUT2D eigenvalue weighted by Gasteiger charge is 2.43. The van der Waals surface area contributed by atoms with Crippen molar-refractivity contribution in [2.75, 3.05) is 20.3 Å². The van der Waals surface area contributed by atoms with Gasteiger partial charge in [-0.3, -0.25) is 4.79 Å². The number of carbonyl (C=O) groups excluding carboxylic acids is 1. The molecule has 6 heteroatoms. The van der Waals surface area contributed by atoms with E-state index in [1.54, 1.807) is 7.11 Å². The predicted octanol–water partition coefficient (Wildman–Crippen LogP) is 4.13. The van der Waals surface area contributed by atoms with Crippen LogP contribution in [0.1, 0.15) is 44.1 Å². The maximum atomic E-state index is 13.7. The van der Waals surface area contributed by atoms with E-state index in [0.717, 1.165) is 28.2 Å². The van der Waals surface area contributed by atoms with Crippen molar-refractivity contribution in [3.8, 4) is 5.75 Å². The van der Waals surface area contributed by atoms with Crippen LogP contribution >= 0.6 is 0 Å². The van der Waals surface area contributed by atoms with E-state index in [-0.39, 0.29) is 17.9 Å². The second-order valence-electron chi connectivity index (χ2n) is 8.26. The van der Waals surface area contributed by atoms with Gasteiger partial charge in [0, 0.05) is 13.2 Å². The normalized spacial score (nSPS) is 17.1. The van der Waals surface area contributed by atoms with Crippen molar-refractivity contribution in [1.29, 1.82) is 0 Å². The SMILES string of the molecule is COc1ccc(C2(C(=O)N[C@@H](c3nc4ccccc4[nH]3)C(C)C)CCOCC2)cc1. The minimum Gasteiger partial charge on any atom is -0.497 e. The lowest BCUT2D eigenvalue weighted by Crippen LogP contribution is -2.49. The molecule has 6 nitrogen and oxygen atoms in total. The largest absolute Gasteiger partial charge is 0.497 e. The number of H-pyrrole nitrogens is 1. The quantitative estimate of drug-likeness (QED) is 0.644. The van der Waals surface area contributed by atoms with Gasteiger partial charge < -0.3 is 19.8 Å². The molecule has 4 rings (SSSR count). The molecule has 0 saturated carbocycles. The zero-order valence-electron chi connectivity index (χ0n) is 17.8. The van der Waals surface area contributed by atoms with Crippen molar-refractivity contribution in [1.82, 2.24) is 15.3 Å². The lowest BCUT2D eigenvalue weighted by atomic mass is 9.73. The zero-order chi connectivity index (χ0) is 21.1. The van der Waals surface area contributed by atoms with E-state index >= 15 is 0 Å². The Bertz CT molecular complexity index is 971. The summed E-state index contributed by atoms with van der Waals surface area (Å²) >= 11 is 0. The van der Waals surface area contributed by atoms with Gasteiger partial charge in [0.25, 0.3) is 0 Å². The Kier molecular flexibility index (Phi) is 5.77. The van der Waals surface area contributed by atoms with Crippen LogP contribution in [0.2, 0.25) is 0 Å². The van der Waals surface area contributed by atoms with Gasteiger partial charge in [-0.2, -0.15) is 0 Å². The molecule has 2 aromatic carbocycles. The van der Waals surface area contributed by atoms with Gasteiger partial charge in [0.05, 0.1) is 29.6 Å². The molecule has 0 radical (unpaired) electrons. The lowest BCUT2D eigenvalue weighted by molar-refractivity contribution is -0.131. The molecule has 0 bridgehead atoms. The first kappa shape index (κ1) is 20.4. The molecule has 30 heavy (non-hydrogen) atoms. The Morgan fingerprint density at radius 1 is 1.13 bits per heavy atom. The first-order valence-corrected chi connectivity index (χ1v) is 10.5. The topological polar surface area (TPSA) is 76.2 Å². The number of rotatable bonds is 6. The molecule has 0 aliphatic carbocycles. The van der Waals surface area contributed by atoms with E-state index in [1.165, 1.54) is 0 Å². The van der Waals surface area contributed by atoms with E-state index in [1.807, 2.05) is 48.5 Å². The van der Waals surface area contributed by atoms with Crippen molar-refractivity contribution in [2.24, 2.45) is 5.92 Å². The fourth-order valence-electron chi connectivity index (χ4n) is 4.23. The Morgan fingerprint density at radius 2 is 1.83 bits per heavy atom. The Balaban J connectivity index is 1.65. The van der Waals surface area contributed by atoms with Crippen LogP contribution in [-0.4, -0.2) is 36.2 Å². The number of amides is 1. The van der Waals surface area contributed by atoms with Gasteiger partial charge in [-0.05, 0) is 48.6 Å². The predicted molar refractivity (Wildman–Crippen MR) is 117 cm³/mol. The number of ether oxygens (including phenoxy) is 2. The summed E-state index contributed by atoms with van der Waals surface area (Å²) in [7, 11) is 1.65. The maximum Gasteiger partial charge on any atom is 0.231 e. The molecule has 0 spiro atoms. The minimum absolute atomic E-state index is 0.0233. The molecule has 2 N–H and O–H groups in total. The van der Waals surface area contributed by atoms with Crippen molar-refractivity contribution in [3.63, 3.8) is 0 Å². The molecule has 1 fully saturated rings. The smallest absolute Gasteiger partial charge is 0.231 e. The minimum atomic E-state index is -0.621. The molecule has 0 unspecified atom stereocenters. The molecular weight excluding hydrogens is 378 g/mol. The third-order valence-electron chi connectivity index (χ3n) is 6.08. The maximum absolute atomic E-state index is 13.7. The third kappa shape index (κ3) is 3.79. The summed E-state index contributed by atoms with van der Waals surface area (Å²) in [5.74, 6) is 1.78. The third-order valence-corrected chi connectivity index (χ3v) is 6.08. The van der Waals surface area contributed by atoms with Gasteiger partial charge in [0.2, 0.25) is 5.91 Å².